The number of H-pyrrole nitrogens is 1. The highest BCUT2D eigenvalue weighted by atomic mass is 16.5. The molecule has 0 unspecified atom stereocenters. The van der Waals surface area contributed by atoms with Crippen LogP contribution in [-0.4, -0.2) is 36.9 Å². The Bertz CT molecular complexity index is 1610. The third-order valence-electron chi connectivity index (χ3n) is 6.97. The van der Waals surface area contributed by atoms with Crippen molar-refractivity contribution in [1.82, 2.24) is 30.3 Å². The molecule has 1 aliphatic carbocycles. The van der Waals surface area contributed by atoms with E-state index in [0.717, 1.165) is 36.8 Å². The van der Waals surface area contributed by atoms with E-state index in [-0.39, 0.29) is 23.6 Å². The number of nitrogens with zero attached hydrogens (tertiary/aromatic N) is 4. The van der Waals surface area contributed by atoms with Crippen molar-refractivity contribution in [3.63, 3.8) is 0 Å². The van der Waals surface area contributed by atoms with Crippen LogP contribution in [0.2, 0.25) is 0 Å². The summed E-state index contributed by atoms with van der Waals surface area (Å²) in [5, 5.41) is 15.5. The molecule has 40 heavy (non-hydrogen) atoms. The second kappa shape index (κ2) is 11.9. The Morgan fingerprint density at radius 1 is 1.18 bits per heavy atom. The fourth-order valence-corrected chi connectivity index (χ4v) is 5.02. The molecule has 1 amide bonds. The van der Waals surface area contributed by atoms with Crippen LogP contribution in [-0.2, 0) is 4.79 Å². The lowest BCUT2D eigenvalue weighted by atomic mass is 9.91. The number of rotatable bonds is 9. The highest BCUT2D eigenvalue weighted by molar-refractivity contribution is 5.97. The standard InChI is InChI=1S/C31H32N6O3/c1-4-25-28-29(21-11-17-24(18-12-21)40-27-10-5-6-19-32-27)36-37(30(28)31(39)35-34-25)23-15-13-22(14-16-23)33-26(38)9-7-8-20(2)3/h4-7,9-12,17-19,22-23H,1-2,8,13-16H2,3H3,(H,33,38)(H,35,39)/b9-7+. The number of allylic oxidation sites excluding steroid dienone is 2. The van der Waals surface area contributed by atoms with E-state index in [4.69, 9.17) is 9.84 Å². The molecule has 0 bridgehead atoms. The van der Waals surface area contributed by atoms with E-state index < -0.39 is 0 Å². The number of hydrogen-bond acceptors (Lipinski definition) is 6. The van der Waals surface area contributed by atoms with Gasteiger partial charge < -0.3 is 10.1 Å². The first-order valence-electron chi connectivity index (χ1n) is 13.4. The summed E-state index contributed by atoms with van der Waals surface area (Å²) in [5.41, 5.74) is 3.23. The van der Waals surface area contributed by atoms with Crippen molar-refractivity contribution in [3.05, 3.63) is 95.6 Å². The van der Waals surface area contributed by atoms with Crippen LogP contribution >= 0.6 is 0 Å². The summed E-state index contributed by atoms with van der Waals surface area (Å²) in [6.07, 6.45) is 10.5. The lowest BCUT2D eigenvalue weighted by Crippen LogP contribution is -2.37. The lowest BCUT2D eigenvalue weighted by Gasteiger charge is -2.29. The van der Waals surface area contributed by atoms with Crippen LogP contribution in [0.4, 0.5) is 0 Å². The van der Waals surface area contributed by atoms with Crippen LogP contribution in [0.5, 0.6) is 11.6 Å². The molecule has 0 aliphatic heterocycles. The van der Waals surface area contributed by atoms with Gasteiger partial charge in [0.2, 0.25) is 11.8 Å². The molecule has 1 aliphatic rings. The molecule has 1 saturated carbocycles. The Labute approximate surface area is 232 Å². The van der Waals surface area contributed by atoms with Crippen LogP contribution in [0.3, 0.4) is 0 Å². The van der Waals surface area contributed by atoms with Crippen molar-refractivity contribution < 1.29 is 9.53 Å². The summed E-state index contributed by atoms with van der Waals surface area (Å²) in [4.78, 5) is 29.6. The fraction of sp³-hybridized carbons (Fsp3) is 0.258. The van der Waals surface area contributed by atoms with E-state index in [1.165, 1.54) is 0 Å². The Kier molecular flexibility index (Phi) is 8.00. The number of hydrogen-bond donors (Lipinski definition) is 2. The van der Waals surface area contributed by atoms with Crippen molar-refractivity contribution in [2.75, 3.05) is 0 Å². The van der Waals surface area contributed by atoms with E-state index in [1.807, 2.05) is 54.1 Å². The molecule has 0 spiro atoms. The molecule has 3 aromatic heterocycles. The number of nitrogens with one attached hydrogen (secondary N) is 2. The third kappa shape index (κ3) is 5.93. The zero-order valence-corrected chi connectivity index (χ0v) is 22.5. The average Bonchev–Trinajstić information content (AvgIpc) is 3.36. The quantitative estimate of drug-likeness (QED) is 0.208. The number of aromatic amines is 1. The summed E-state index contributed by atoms with van der Waals surface area (Å²) in [6, 6.07) is 13.1. The van der Waals surface area contributed by atoms with Gasteiger partial charge >= 0.3 is 0 Å². The zero-order chi connectivity index (χ0) is 28.1. The molecule has 9 nitrogen and oxygen atoms in total. The lowest BCUT2D eigenvalue weighted by molar-refractivity contribution is -0.117. The van der Waals surface area contributed by atoms with Gasteiger partial charge in [0, 0.05) is 23.9 Å². The molecular formula is C31H32N6O3. The van der Waals surface area contributed by atoms with Gasteiger partial charge in [-0.15, -0.1) is 0 Å². The fourth-order valence-electron chi connectivity index (χ4n) is 5.02. The van der Waals surface area contributed by atoms with Gasteiger partial charge in [-0.25, -0.2) is 10.1 Å². The van der Waals surface area contributed by atoms with Gasteiger partial charge in [0.15, 0.2) is 0 Å². The first-order chi connectivity index (χ1) is 19.4. The summed E-state index contributed by atoms with van der Waals surface area (Å²) < 4.78 is 7.67. The third-order valence-corrected chi connectivity index (χ3v) is 6.97. The van der Waals surface area contributed by atoms with Crippen LogP contribution in [0.1, 0.15) is 50.8 Å². The van der Waals surface area contributed by atoms with Gasteiger partial charge in [-0.2, -0.15) is 10.2 Å². The summed E-state index contributed by atoms with van der Waals surface area (Å²) in [7, 11) is 0. The number of fused-ring (bicyclic) bond motifs is 1. The summed E-state index contributed by atoms with van der Waals surface area (Å²) in [5.74, 6) is 1.05. The second-order valence-corrected chi connectivity index (χ2v) is 10.0. The SMILES string of the molecule is C=Cc1n[nH]c(=O)c2c1c(-c1ccc(Oc3ccccn3)cc1)nn2C1CCC(NC(=O)/C=C/CC(=C)C)CC1. The number of ether oxygens (including phenoxy) is 1. The normalized spacial score (nSPS) is 17.1. The maximum atomic E-state index is 13.1. The molecule has 0 atom stereocenters. The van der Waals surface area contributed by atoms with E-state index in [0.29, 0.717) is 40.3 Å². The molecule has 0 saturated heterocycles. The molecule has 4 aromatic rings. The molecule has 3 heterocycles. The van der Waals surface area contributed by atoms with Gasteiger partial charge in [-0.1, -0.05) is 30.9 Å². The Hall–Kier alpha value is -4.79. The average molecular weight is 537 g/mol. The van der Waals surface area contributed by atoms with Crippen molar-refractivity contribution in [2.24, 2.45) is 0 Å². The van der Waals surface area contributed by atoms with Crippen LogP contribution < -0.4 is 15.6 Å². The largest absolute Gasteiger partial charge is 0.439 e. The Balaban J connectivity index is 1.39. The molecule has 1 fully saturated rings. The first kappa shape index (κ1) is 26.8. The van der Waals surface area contributed by atoms with Gasteiger partial charge in [0.1, 0.15) is 17.0 Å². The molecule has 9 heteroatoms. The topological polar surface area (TPSA) is 115 Å². The molecule has 5 rings (SSSR count). The molecule has 2 N–H and O–H groups in total. The Morgan fingerprint density at radius 3 is 2.62 bits per heavy atom. The maximum absolute atomic E-state index is 13.1. The second-order valence-electron chi connectivity index (χ2n) is 10.0. The van der Waals surface area contributed by atoms with Crippen LogP contribution in [0, 0.1) is 0 Å². The molecule has 1 aromatic carbocycles. The summed E-state index contributed by atoms with van der Waals surface area (Å²) >= 11 is 0. The monoisotopic (exact) mass is 536 g/mol. The minimum Gasteiger partial charge on any atom is -0.439 e. The molecule has 204 valence electrons. The smallest absolute Gasteiger partial charge is 0.290 e. The predicted molar refractivity (Wildman–Crippen MR) is 156 cm³/mol. The van der Waals surface area contributed by atoms with Gasteiger partial charge in [-0.3, -0.25) is 14.3 Å². The van der Waals surface area contributed by atoms with E-state index >= 15 is 0 Å². The predicted octanol–water partition coefficient (Wildman–Crippen LogP) is 5.74. The minimum atomic E-state index is -0.299. The zero-order valence-electron chi connectivity index (χ0n) is 22.5. The first-order valence-corrected chi connectivity index (χ1v) is 13.4. The van der Waals surface area contributed by atoms with Crippen molar-refractivity contribution >= 4 is 22.9 Å². The number of amides is 1. The maximum Gasteiger partial charge on any atom is 0.290 e. The van der Waals surface area contributed by atoms with Crippen molar-refractivity contribution in [2.45, 2.75) is 51.1 Å². The molecule has 0 radical (unpaired) electrons. The summed E-state index contributed by atoms with van der Waals surface area (Å²) in [6.45, 7) is 9.68. The van der Waals surface area contributed by atoms with E-state index in [9.17, 15) is 9.59 Å². The van der Waals surface area contributed by atoms with Crippen molar-refractivity contribution in [3.8, 4) is 22.9 Å². The highest BCUT2D eigenvalue weighted by Gasteiger charge is 2.28. The number of benzene rings is 1. The Morgan fingerprint density at radius 2 is 1.95 bits per heavy atom. The van der Waals surface area contributed by atoms with Crippen LogP contribution in [0.15, 0.2) is 84.3 Å². The van der Waals surface area contributed by atoms with Gasteiger partial charge in [0.05, 0.1) is 17.1 Å². The van der Waals surface area contributed by atoms with Crippen LogP contribution in [0.25, 0.3) is 28.2 Å². The number of aromatic nitrogens is 5. The van der Waals surface area contributed by atoms with E-state index in [1.54, 1.807) is 24.4 Å². The number of pyridine rings is 1. The van der Waals surface area contributed by atoms with Gasteiger partial charge in [-0.05, 0) is 81.5 Å². The minimum absolute atomic E-state index is 0.0105. The van der Waals surface area contributed by atoms with E-state index in [2.05, 4.69) is 33.7 Å². The molecular weight excluding hydrogens is 504 g/mol. The van der Waals surface area contributed by atoms with Gasteiger partial charge in [0.25, 0.3) is 5.56 Å². The highest BCUT2D eigenvalue weighted by Crippen LogP contribution is 2.35. The van der Waals surface area contributed by atoms with Crippen molar-refractivity contribution in [1.29, 1.82) is 0 Å². The number of carbonyl (C=O) groups is 1. The number of carbonyl (C=O) groups excluding carboxylic acids is 1.